The Morgan fingerprint density at radius 1 is 1.21 bits per heavy atom. The average molecular weight is 261 g/mol. The molecule has 0 atom stereocenters. The summed E-state index contributed by atoms with van der Waals surface area (Å²) in [7, 11) is 0. The van der Waals surface area contributed by atoms with Gasteiger partial charge in [0, 0.05) is 5.33 Å². The monoisotopic (exact) mass is 260 g/mol. The molecule has 1 aliphatic rings. The van der Waals surface area contributed by atoms with E-state index in [0.717, 1.165) is 5.92 Å². The highest BCUT2D eigenvalue weighted by molar-refractivity contribution is 9.09. The summed E-state index contributed by atoms with van der Waals surface area (Å²) in [6.07, 6.45) is 7.06. The summed E-state index contributed by atoms with van der Waals surface area (Å²) in [4.78, 5) is 0. The normalized spacial score (nSPS) is 34.5. The van der Waals surface area contributed by atoms with Crippen molar-refractivity contribution in [3.63, 3.8) is 0 Å². The van der Waals surface area contributed by atoms with Crippen LogP contribution in [0.15, 0.2) is 0 Å². The molecule has 0 aromatic carbocycles. The Bertz CT molecular complexity index is 164. The second-order valence-corrected chi connectivity index (χ2v) is 6.69. The number of rotatable bonds is 2. The molecule has 0 radical (unpaired) electrons. The third-order valence-electron chi connectivity index (χ3n) is 4.30. The maximum absolute atomic E-state index is 3.70. The van der Waals surface area contributed by atoms with Crippen LogP contribution < -0.4 is 0 Å². The van der Waals surface area contributed by atoms with Gasteiger partial charge in [0.05, 0.1) is 0 Å². The Hall–Kier alpha value is 0.480. The van der Waals surface area contributed by atoms with E-state index in [0.29, 0.717) is 10.8 Å². The zero-order valence-electron chi connectivity index (χ0n) is 10.2. The molecule has 1 rings (SSSR count). The van der Waals surface area contributed by atoms with Crippen LogP contribution in [0.5, 0.6) is 0 Å². The van der Waals surface area contributed by atoms with E-state index in [1.54, 1.807) is 0 Å². The van der Waals surface area contributed by atoms with Gasteiger partial charge in [0.1, 0.15) is 0 Å². The fourth-order valence-corrected chi connectivity index (χ4v) is 3.64. The van der Waals surface area contributed by atoms with Crippen LogP contribution in [0.2, 0.25) is 0 Å². The maximum Gasteiger partial charge on any atom is 0.00878 e. The molecule has 0 spiro atoms. The lowest BCUT2D eigenvalue weighted by molar-refractivity contribution is 0.101. The first-order valence-corrected chi connectivity index (χ1v) is 7.12. The quantitative estimate of drug-likeness (QED) is 0.613. The number of alkyl halides is 1. The zero-order valence-corrected chi connectivity index (χ0v) is 11.8. The van der Waals surface area contributed by atoms with Crippen LogP contribution in [0.3, 0.4) is 0 Å². The smallest absolute Gasteiger partial charge is 0.00878 e. The summed E-state index contributed by atoms with van der Waals surface area (Å²) in [6.45, 7) is 9.53. The van der Waals surface area contributed by atoms with E-state index in [9.17, 15) is 0 Å². The third-order valence-corrected chi connectivity index (χ3v) is 5.49. The molecule has 0 amide bonds. The first-order valence-electron chi connectivity index (χ1n) is 5.99. The predicted molar refractivity (Wildman–Crippen MR) is 67.9 cm³/mol. The largest absolute Gasteiger partial charge is 0.0922 e. The molecule has 0 heterocycles. The molecular weight excluding hydrogens is 236 g/mol. The van der Waals surface area contributed by atoms with Gasteiger partial charge in [0.2, 0.25) is 0 Å². The Labute approximate surface area is 98.0 Å². The summed E-state index contributed by atoms with van der Waals surface area (Å²) in [6, 6.07) is 0. The Balaban J connectivity index is 2.53. The van der Waals surface area contributed by atoms with E-state index >= 15 is 0 Å². The van der Waals surface area contributed by atoms with Gasteiger partial charge in [0.25, 0.3) is 0 Å². The van der Waals surface area contributed by atoms with Gasteiger partial charge in [0.15, 0.2) is 0 Å². The molecule has 0 aromatic heterocycles. The van der Waals surface area contributed by atoms with Gasteiger partial charge in [-0.2, -0.15) is 0 Å². The highest BCUT2D eigenvalue weighted by Crippen LogP contribution is 2.47. The van der Waals surface area contributed by atoms with Gasteiger partial charge in [-0.3, -0.25) is 0 Å². The van der Waals surface area contributed by atoms with E-state index in [1.165, 1.54) is 37.4 Å². The van der Waals surface area contributed by atoms with E-state index in [4.69, 9.17) is 0 Å². The van der Waals surface area contributed by atoms with Crippen molar-refractivity contribution < 1.29 is 0 Å². The van der Waals surface area contributed by atoms with Crippen LogP contribution in [0.4, 0.5) is 0 Å². The second kappa shape index (κ2) is 4.55. The molecule has 0 aliphatic heterocycles. The number of hydrogen-bond acceptors (Lipinski definition) is 0. The van der Waals surface area contributed by atoms with Gasteiger partial charge in [-0.05, 0) is 48.9 Å². The molecule has 0 saturated heterocycles. The van der Waals surface area contributed by atoms with E-state index < -0.39 is 0 Å². The fourth-order valence-electron chi connectivity index (χ4n) is 2.68. The molecule has 0 aromatic rings. The van der Waals surface area contributed by atoms with Crippen molar-refractivity contribution in [3.05, 3.63) is 0 Å². The summed E-state index contributed by atoms with van der Waals surface area (Å²) in [5.41, 5.74) is 1.15. The molecule has 0 N–H and O–H groups in total. The summed E-state index contributed by atoms with van der Waals surface area (Å²) in [5.74, 6) is 0.946. The van der Waals surface area contributed by atoms with Crippen molar-refractivity contribution in [3.8, 4) is 0 Å². The number of halogens is 1. The SMILES string of the molecule is CCC1(CBr)CCC(C(C)(C)C)CC1. The molecule has 84 valence electrons. The minimum atomic E-state index is 0.520. The lowest BCUT2D eigenvalue weighted by atomic mass is 9.64. The molecular formula is C13H25Br. The van der Waals surface area contributed by atoms with Crippen molar-refractivity contribution >= 4 is 15.9 Å². The van der Waals surface area contributed by atoms with Crippen molar-refractivity contribution in [2.24, 2.45) is 16.7 Å². The summed E-state index contributed by atoms with van der Waals surface area (Å²) >= 11 is 3.70. The number of hydrogen-bond donors (Lipinski definition) is 0. The Morgan fingerprint density at radius 2 is 1.71 bits per heavy atom. The highest BCUT2D eigenvalue weighted by atomic mass is 79.9. The molecule has 1 aliphatic carbocycles. The molecule has 0 bridgehead atoms. The average Bonchev–Trinajstić information content (AvgIpc) is 2.16. The zero-order chi connectivity index (χ0) is 10.8. The van der Waals surface area contributed by atoms with Crippen LogP contribution in [0.25, 0.3) is 0 Å². The van der Waals surface area contributed by atoms with Crippen LogP contribution in [0, 0.1) is 16.7 Å². The lowest BCUT2D eigenvalue weighted by Gasteiger charge is -2.43. The van der Waals surface area contributed by atoms with Crippen LogP contribution in [0.1, 0.15) is 59.8 Å². The van der Waals surface area contributed by atoms with Gasteiger partial charge in [-0.25, -0.2) is 0 Å². The van der Waals surface area contributed by atoms with E-state index in [-0.39, 0.29) is 0 Å². The minimum Gasteiger partial charge on any atom is -0.0922 e. The highest BCUT2D eigenvalue weighted by Gasteiger charge is 2.36. The van der Waals surface area contributed by atoms with Crippen LogP contribution in [-0.2, 0) is 0 Å². The molecule has 14 heavy (non-hydrogen) atoms. The summed E-state index contributed by atoms with van der Waals surface area (Å²) in [5, 5.41) is 1.20. The first-order chi connectivity index (χ1) is 6.43. The lowest BCUT2D eigenvalue weighted by Crippen LogP contribution is -2.33. The Morgan fingerprint density at radius 3 is 2.00 bits per heavy atom. The van der Waals surface area contributed by atoms with Gasteiger partial charge < -0.3 is 0 Å². The van der Waals surface area contributed by atoms with E-state index in [1.807, 2.05) is 0 Å². The van der Waals surface area contributed by atoms with Gasteiger partial charge >= 0.3 is 0 Å². The molecule has 0 unspecified atom stereocenters. The van der Waals surface area contributed by atoms with Gasteiger partial charge in [-0.15, -0.1) is 0 Å². The molecule has 1 saturated carbocycles. The molecule has 0 nitrogen and oxygen atoms in total. The first kappa shape index (κ1) is 12.5. The van der Waals surface area contributed by atoms with E-state index in [2.05, 4.69) is 43.6 Å². The van der Waals surface area contributed by atoms with Crippen molar-refractivity contribution in [2.45, 2.75) is 59.8 Å². The predicted octanol–water partition coefficient (Wildman–Crippen LogP) is 5.01. The molecule has 1 heteroatoms. The standard InChI is InChI=1S/C13H25Br/c1-5-13(10-14)8-6-11(7-9-13)12(2,3)4/h11H,5-10H2,1-4H3. The van der Waals surface area contributed by atoms with Gasteiger partial charge in [-0.1, -0.05) is 43.6 Å². The Kier molecular flexibility index (Phi) is 4.08. The second-order valence-electron chi connectivity index (χ2n) is 6.13. The topological polar surface area (TPSA) is 0 Å². The van der Waals surface area contributed by atoms with Crippen LogP contribution in [-0.4, -0.2) is 5.33 Å². The fraction of sp³-hybridized carbons (Fsp3) is 1.00. The molecule has 1 fully saturated rings. The van der Waals surface area contributed by atoms with Crippen molar-refractivity contribution in [1.29, 1.82) is 0 Å². The third kappa shape index (κ3) is 2.74. The minimum absolute atomic E-state index is 0.520. The van der Waals surface area contributed by atoms with Crippen molar-refractivity contribution in [1.82, 2.24) is 0 Å². The van der Waals surface area contributed by atoms with Crippen LogP contribution >= 0.6 is 15.9 Å². The van der Waals surface area contributed by atoms with Crippen molar-refractivity contribution in [2.75, 3.05) is 5.33 Å². The maximum atomic E-state index is 3.70. The summed E-state index contributed by atoms with van der Waals surface area (Å²) < 4.78 is 0.